The second-order valence-corrected chi connectivity index (χ2v) is 8.65. The van der Waals surface area contributed by atoms with E-state index in [-0.39, 0.29) is 18.0 Å². The molecule has 9 nitrogen and oxygen atoms in total. The van der Waals surface area contributed by atoms with Crippen LogP contribution in [0.15, 0.2) is 71.9 Å². The maximum atomic E-state index is 13.0. The van der Waals surface area contributed by atoms with Crippen molar-refractivity contribution in [3.8, 4) is 11.3 Å². The molecule has 0 bridgehead atoms. The van der Waals surface area contributed by atoms with Gasteiger partial charge in [-0.25, -0.2) is 18.4 Å². The minimum Gasteiger partial charge on any atom is -0.354 e. The number of nitrogens with zero attached hydrogens (tertiary/aromatic N) is 5. The van der Waals surface area contributed by atoms with E-state index in [1.165, 1.54) is 34.9 Å². The lowest BCUT2D eigenvalue weighted by Gasteiger charge is -2.34. The predicted molar refractivity (Wildman–Crippen MR) is 112 cm³/mol. The average Bonchev–Trinajstić information content (AvgIpc) is 2.80. The van der Waals surface area contributed by atoms with Crippen LogP contribution in [0.5, 0.6) is 0 Å². The lowest BCUT2D eigenvalue weighted by Crippen LogP contribution is -2.49. The topological polar surface area (TPSA) is 110 Å². The van der Waals surface area contributed by atoms with E-state index in [0.29, 0.717) is 18.9 Å². The van der Waals surface area contributed by atoms with Crippen LogP contribution in [0.4, 0.5) is 11.5 Å². The van der Waals surface area contributed by atoms with Crippen molar-refractivity contribution in [2.45, 2.75) is 4.90 Å². The number of para-hydroxylation sites is 1. The number of benzene rings is 2. The monoisotopic (exact) mass is 425 g/mol. The Balaban J connectivity index is 1.52. The van der Waals surface area contributed by atoms with Gasteiger partial charge in [-0.3, -0.25) is 10.1 Å². The van der Waals surface area contributed by atoms with Crippen molar-refractivity contribution in [1.29, 1.82) is 0 Å². The summed E-state index contributed by atoms with van der Waals surface area (Å²) in [6.07, 6.45) is 1.49. The Morgan fingerprint density at radius 2 is 1.57 bits per heavy atom. The van der Waals surface area contributed by atoms with Gasteiger partial charge in [0.25, 0.3) is 5.69 Å². The van der Waals surface area contributed by atoms with Gasteiger partial charge in [0.05, 0.1) is 10.6 Å². The van der Waals surface area contributed by atoms with Gasteiger partial charge >= 0.3 is 0 Å². The highest BCUT2D eigenvalue weighted by Gasteiger charge is 2.33. The minimum absolute atomic E-state index is 0.207. The average molecular weight is 425 g/mol. The summed E-state index contributed by atoms with van der Waals surface area (Å²) in [7, 11) is -3.96. The fraction of sp³-hybridized carbons (Fsp3) is 0.200. The lowest BCUT2D eigenvalue weighted by molar-refractivity contribution is -0.387. The molecule has 0 aliphatic carbocycles. The number of anilines is 1. The molecule has 1 saturated heterocycles. The van der Waals surface area contributed by atoms with E-state index in [9.17, 15) is 18.5 Å². The highest BCUT2D eigenvalue weighted by atomic mass is 32.2. The molecule has 0 atom stereocenters. The fourth-order valence-corrected chi connectivity index (χ4v) is 4.99. The van der Waals surface area contributed by atoms with Gasteiger partial charge < -0.3 is 4.90 Å². The number of aromatic nitrogens is 2. The lowest BCUT2D eigenvalue weighted by atomic mass is 10.1. The molecule has 0 N–H and O–H groups in total. The van der Waals surface area contributed by atoms with Gasteiger partial charge in [-0.15, -0.1) is 0 Å². The largest absolute Gasteiger partial charge is 0.354 e. The molecular weight excluding hydrogens is 406 g/mol. The number of sulfonamides is 1. The van der Waals surface area contributed by atoms with Crippen LogP contribution < -0.4 is 4.90 Å². The van der Waals surface area contributed by atoms with Gasteiger partial charge in [0.15, 0.2) is 4.90 Å². The highest BCUT2D eigenvalue weighted by molar-refractivity contribution is 7.89. The van der Waals surface area contributed by atoms with E-state index in [0.717, 1.165) is 11.3 Å². The standard InChI is InChI=1S/C20H19N5O4S/c26-25(27)18-8-4-5-9-19(18)30(28,29)24-12-10-23(11-13-24)20-14-17(21-15-22-20)16-6-2-1-3-7-16/h1-9,14-15H,10-13H2. The van der Waals surface area contributed by atoms with Gasteiger partial charge in [0.2, 0.25) is 10.0 Å². The van der Waals surface area contributed by atoms with Crippen molar-refractivity contribution in [2.75, 3.05) is 31.1 Å². The van der Waals surface area contributed by atoms with Crippen molar-refractivity contribution in [1.82, 2.24) is 14.3 Å². The van der Waals surface area contributed by atoms with Gasteiger partial charge in [-0.2, -0.15) is 4.31 Å². The Bertz CT molecular complexity index is 1160. The molecule has 1 aliphatic rings. The van der Waals surface area contributed by atoms with Gasteiger partial charge in [-0.05, 0) is 6.07 Å². The van der Waals surface area contributed by atoms with Gasteiger partial charge in [-0.1, -0.05) is 42.5 Å². The molecule has 154 valence electrons. The molecule has 0 spiro atoms. The van der Waals surface area contributed by atoms with E-state index < -0.39 is 20.6 Å². The van der Waals surface area contributed by atoms with Crippen LogP contribution in [0.2, 0.25) is 0 Å². The first-order valence-corrected chi connectivity index (χ1v) is 10.8. The zero-order chi connectivity index (χ0) is 21.1. The van der Waals surface area contributed by atoms with Crippen LogP contribution >= 0.6 is 0 Å². The summed E-state index contributed by atoms with van der Waals surface area (Å²) in [6.45, 7) is 1.26. The van der Waals surface area contributed by atoms with Crippen LogP contribution in [-0.2, 0) is 10.0 Å². The predicted octanol–water partition coefficient (Wildman–Crippen LogP) is 2.56. The molecule has 4 rings (SSSR count). The molecule has 1 fully saturated rings. The van der Waals surface area contributed by atoms with Crippen molar-refractivity contribution < 1.29 is 13.3 Å². The Kier molecular flexibility index (Phi) is 5.42. The molecule has 0 saturated carbocycles. The van der Waals surface area contributed by atoms with Crippen molar-refractivity contribution in [3.05, 3.63) is 77.1 Å². The summed E-state index contributed by atoms with van der Waals surface area (Å²) in [6, 6.07) is 17.0. The molecule has 3 aromatic rings. The normalized spacial score (nSPS) is 15.1. The first-order chi connectivity index (χ1) is 14.5. The van der Waals surface area contributed by atoms with Crippen LogP contribution in [0, 0.1) is 10.1 Å². The van der Waals surface area contributed by atoms with Crippen molar-refractivity contribution in [3.63, 3.8) is 0 Å². The van der Waals surface area contributed by atoms with Crippen LogP contribution in [0.25, 0.3) is 11.3 Å². The molecule has 0 unspecified atom stereocenters. The van der Waals surface area contributed by atoms with Crippen molar-refractivity contribution >= 4 is 21.5 Å². The van der Waals surface area contributed by atoms with Crippen molar-refractivity contribution in [2.24, 2.45) is 0 Å². The summed E-state index contributed by atoms with van der Waals surface area (Å²) in [5, 5.41) is 11.2. The summed E-state index contributed by atoms with van der Waals surface area (Å²) in [5.41, 5.74) is 1.34. The number of hydrogen-bond donors (Lipinski definition) is 0. The quantitative estimate of drug-likeness (QED) is 0.456. The minimum atomic E-state index is -3.96. The van der Waals surface area contributed by atoms with E-state index in [4.69, 9.17) is 0 Å². The highest BCUT2D eigenvalue weighted by Crippen LogP contribution is 2.28. The number of nitro groups is 1. The zero-order valence-electron chi connectivity index (χ0n) is 16.0. The first-order valence-electron chi connectivity index (χ1n) is 9.33. The second kappa shape index (κ2) is 8.17. The Hall–Kier alpha value is -3.37. The number of piperazine rings is 1. The molecule has 30 heavy (non-hydrogen) atoms. The molecule has 1 aliphatic heterocycles. The number of nitro benzene ring substituents is 1. The van der Waals surface area contributed by atoms with E-state index in [1.54, 1.807) is 0 Å². The summed E-state index contributed by atoms with van der Waals surface area (Å²) >= 11 is 0. The molecular formula is C20H19N5O4S. The van der Waals surface area contributed by atoms with E-state index in [1.807, 2.05) is 41.3 Å². The van der Waals surface area contributed by atoms with E-state index in [2.05, 4.69) is 9.97 Å². The van der Waals surface area contributed by atoms with Gasteiger partial charge in [0, 0.05) is 43.9 Å². The fourth-order valence-electron chi connectivity index (χ4n) is 3.41. The van der Waals surface area contributed by atoms with E-state index >= 15 is 0 Å². The zero-order valence-corrected chi connectivity index (χ0v) is 16.8. The van der Waals surface area contributed by atoms with Crippen LogP contribution in [0.1, 0.15) is 0 Å². The molecule has 0 amide bonds. The molecule has 0 radical (unpaired) electrons. The smallest absolute Gasteiger partial charge is 0.289 e. The van der Waals surface area contributed by atoms with Crippen LogP contribution in [-0.4, -0.2) is 53.8 Å². The maximum absolute atomic E-state index is 13.0. The third-order valence-corrected chi connectivity index (χ3v) is 6.91. The summed E-state index contributed by atoms with van der Waals surface area (Å²) < 4.78 is 27.2. The molecule has 2 heterocycles. The first kappa shape index (κ1) is 19.9. The third-order valence-electron chi connectivity index (χ3n) is 4.96. The molecule has 2 aromatic carbocycles. The number of rotatable bonds is 5. The SMILES string of the molecule is O=[N+]([O-])c1ccccc1S(=O)(=O)N1CCN(c2cc(-c3ccccc3)ncn2)CC1. The molecule has 1 aromatic heterocycles. The summed E-state index contributed by atoms with van der Waals surface area (Å²) in [4.78, 5) is 20.9. The Morgan fingerprint density at radius 3 is 2.27 bits per heavy atom. The third kappa shape index (κ3) is 3.87. The summed E-state index contributed by atoms with van der Waals surface area (Å²) in [5.74, 6) is 0.714. The second-order valence-electron chi connectivity index (χ2n) is 6.74. The molecule has 10 heteroatoms. The van der Waals surface area contributed by atoms with Gasteiger partial charge in [0.1, 0.15) is 12.1 Å². The van der Waals surface area contributed by atoms with Crippen LogP contribution in [0.3, 0.4) is 0 Å². The number of hydrogen-bond acceptors (Lipinski definition) is 7. The Labute approximate surface area is 173 Å². The Morgan fingerprint density at radius 1 is 0.900 bits per heavy atom. The maximum Gasteiger partial charge on any atom is 0.289 e.